The Balaban J connectivity index is 2.21. The molecule has 3 heteroatoms. The molecule has 0 unspecified atom stereocenters. The van der Waals surface area contributed by atoms with Crippen LogP contribution in [0.4, 0.5) is 0 Å². The van der Waals surface area contributed by atoms with Gasteiger partial charge in [-0.05, 0) is 31.4 Å². The number of carbonyl (C=O) groups excluding carboxylic acids is 1. The monoisotopic (exact) mass is 233 g/mol. The van der Waals surface area contributed by atoms with Crippen molar-refractivity contribution in [3.05, 3.63) is 35.4 Å². The maximum atomic E-state index is 11.8. The third-order valence-electron chi connectivity index (χ3n) is 3.49. The van der Waals surface area contributed by atoms with Crippen LogP contribution in [0.5, 0.6) is 0 Å². The van der Waals surface area contributed by atoms with Crippen molar-refractivity contribution in [2.45, 2.75) is 19.3 Å². The fraction of sp³-hybridized carbons (Fsp3) is 0.500. The molecule has 0 radical (unpaired) electrons. The standard InChI is InChI=1S/C14H19NO2/c1-10-3-5-11(6-4-10)12-7-8-15-9-13(12)14(16)17-2/h3-6,12-13,15H,7-9H2,1-2H3/t12-,13-/m1/s1. The highest BCUT2D eigenvalue weighted by molar-refractivity contribution is 5.74. The van der Waals surface area contributed by atoms with Gasteiger partial charge in [0, 0.05) is 6.54 Å². The van der Waals surface area contributed by atoms with E-state index in [-0.39, 0.29) is 17.8 Å². The van der Waals surface area contributed by atoms with Crippen molar-refractivity contribution in [2.24, 2.45) is 5.92 Å². The van der Waals surface area contributed by atoms with Crippen LogP contribution in [0.25, 0.3) is 0 Å². The Hall–Kier alpha value is -1.35. The molecule has 1 aromatic carbocycles. The predicted molar refractivity (Wildman–Crippen MR) is 66.9 cm³/mol. The van der Waals surface area contributed by atoms with E-state index in [0.717, 1.165) is 13.0 Å². The van der Waals surface area contributed by atoms with Gasteiger partial charge in [0.15, 0.2) is 0 Å². The highest BCUT2D eigenvalue weighted by Gasteiger charge is 2.32. The van der Waals surface area contributed by atoms with Crippen LogP contribution in [0.15, 0.2) is 24.3 Å². The Morgan fingerprint density at radius 2 is 2.06 bits per heavy atom. The van der Waals surface area contributed by atoms with Crippen molar-refractivity contribution < 1.29 is 9.53 Å². The van der Waals surface area contributed by atoms with Gasteiger partial charge >= 0.3 is 5.97 Å². The van der Waals surface area contributed by atoms with Crippen molar-refractivity contribution >= 4 is 5.97 Å². The minimum Gasteiger partial charge on any atom is -0.469 e. The zero-order valence-corrected chi connectivity index (χ0v) is 10.4. The summed E-state index contributed by atoms with van der Waals surface area (Å²) in [5.41, 5.74) is 2.49. The highest BCUT2D eigenvalue weighted by Crippen LogP contribution is 2.31. The molecule has 1 fully saturated rings. The molecule has 0 bridgehead atoms. The average Bonchev–Trinajstić information content (AvgIpc) is 2.39. The van der Waals surface area contributed by atoms with Crippen LogP contribution in [0.3, 0.4) is 0 Å². The normalized spacial score (nSPS) is 24.4. The Bertz CT molecular complexity index is 386. The molecule has 92 valence electrons. The third-order valence-corrected chi connectivity index (χ3v) is 3.49. The van der Waals surface area contributed by atoms with Crippen molar-refractivity contribution in [3.63, 3.8) is 0 Å². The number of rotatable bonds is 2. The van der Waals surface area contributed by atoms with Crippen LogP contribution in [-0.4, -0.2) is 26.2 Å². The van der Waals surface area contributed by atoms with Gasteiger partial charge in [0.2, 0.25) is 0 Å². The van der Waals surface area contributed by atoms with Crippen molar-refractivity contribution in [3.8, 4) is 0 Å². The summed E-state index contributed by atoms with van der Waals surface area (Å²) in [6.07, 6.45) is 0.989. The summed E-state index contributed by atoms with van der Waals surface area (Å²) in [4.78, 5) is 11.8. The lowest BCUT2D eigenvalue weighted by Crippen LogP contribution is -2.40. The van der Waals surface area contributed by atoms with Crippen molar-refractivity contribution in [2.75, 3.05) is 20.2 Å². The number of piperidine rings is 1. The van der Waals surface area contributed by atoms with Crippen molar-refractivity contribution in [1.82, 2.24) is 5.32 Å². The van der Waals surface area contributed by atoms with Crippen LogP contribution in [-0.2, 0) is 9.53 Å². The number of aryl methyl sites for hydroxylation is 1. The second kappa shape index (κ2) is 5.32. The molecule has 0 saturated carbocycles. The quantitative estimate of drug-likeness (QED) is 0.792. The van der Waals surface area contributed by atoms with E-state index >= 15 is 0 Å². The lowest BCUT2D eigenvalue weighted by Gasteiger charge is -2.30. The molecule has 1 heterocycles. The smallest absolute Gasteiger partial charge is 0.310 e. The lowest BCUT2D eigenvalue weighted by molar-refractivity contribution is -0.146. The molecule has 1 aromatic rings. The Kier molecular flexibility index (Phi) is 3.79. The molecule has 1 aliphatic heterocycles. The fourth-order valence-electron chi connectivity index (χ4n) is 2.47. The van der Waals surface area contributed by atoms with Gasteiger partial charge in [-0.25, -0.2) is 0 Å². The topological polar surface area (TPSA) is 38.3 Å². The summed E-state index contributed by atoms with van der Waals surface area (Å²) < 4.78 is 4.89. The second-order valence-electron chi connectivity index (χ2n) is 4.64. The first-order chi connectivity index (χ1) is 8.22. The molecule has 1 N–H and O–H groups in total. The van der Waals surface area contributed by atoms with E-state index in [0.29, 0.717) is 6.54 Å². The van der Waals surface area contributed by atoms with Crippen LogP contribution in [0.2, 0.25) is 0 Å². The summed E-state index contributed by atoms with van der Waals surface area (Å²) in [5.74, 6) is 0.114. The number of hydrogen-bond donors (Lipinski definition) is 1. The van der Waals surface area contributed by atoms with Gasteiger partial charge in [0.05, 0.1) is 13.0 Å². The van der Waals surface area contributed by atoms with Gasteiger partial charge in [0.1, 0.15) is 0 Å². The van der Waals surface area contributed by atoms with E-state index in [4.69, 9.17) is 4.74 Å². The molecule has 1 aliphatic rings. The van der Waals surface area contributed by atoms with Crippen molar-refractivity contribution in [1.29, 1.82) is 0 Å². The van der Waals surface area contributed by atoms with Crippen LogP contribution < -0.4 is 5.32 Å². The zero-order chi connectivity index (χ0) is 12.3. The first-order valence-electron chi connectivity index (χ1n) is 6.07. The molecule has 0 aromatic heterocycles. The summed E-state index contributed by atoms with van der Waals surface area (Å²) in [7, 11) is 1.46. The first kappa shape index (κ1) is 12.1. The molecule has 17 heavy (non-hydrogen) atoms. The zero-order valence-electron chi connectivity index (χ0n) is 10.4. The number of nitrogens with one attached hydrogen (secondary N) is 1. The van der Waals surface area contributed by atoms with Gasteiger partial charge in [-0.2, -0.15) is 0 Å². The maximum Gasteiger partial charge on any atom is 0.310 e. The Morgan fingerprint density at radius 1 is 1.35 bits per heavy atom. The summed E-state index contributed by atoms with van der Waals surface area (Å²) in [6.45, 7) is 3.75. The molecule has 0 aliphatic carbocycles. The molecule has 2 atom stereocenters. The van der Waals surface area contributed by atoms with Gasteiger partial charge in [-0.1, -0.05) is 29.8 Å². The molecule has 2 rings (SSSR count). The van der Waals surface area contributed by atoms with Gasteiger partial charge in [-0.3, -0.25) is 4.79 Å². The number of esters is 1. The largest absolute Gasteiger partial charge is 0.469 e. The van der Waals surface area contributed by atoms with E-state index in [2.05, 4.69) is 36.5 Å². The van der Waals surface area contributed by atoms with Crippen LogP contribution in [0, 0.1) is 12.8 Å². The summed E-state index contributed by atoms with van der Waals surface area (Å²) >= 11 is 0. The van der Waals surface area contributed by atoms with E-state index in [1.807, 2.05) is 0 Å². The van der Waals surface area contributed by atoms with Crippen LogP contribution in [0.1, 0.15) is 23.5 Å². The second-order valence-corrected chi connectivity index (χ2v) is 4.64. The molecular weight excluding hydrogens is 214 g/mol. The first-order valence-corrected chi connectivity index (χ1v) is 6.07. The number of carbonyl (C=O) groups is 1. The molecule has 1 saturated heterocycles. The third kappa shape index (κ3) is 2.67. The van der Waals surface area contributed by atoms with E-state index in [1.165, 1.54) is 18.2 Å². The van der Waals surface area contributed by atoms with Gasteiger partial charge in [-0.15, -0.1) is 0 Å². The summed E-state index contributed by atoms with van der Waals surface area (Å²) in [6, 6.07) is 8.46. The predicted octanol–water partition coefficient (Wildman–Crippen LogP) is 1.86. The number of methoxy groups -OCH3 is 1. The molecular formula is C14H19NO2. The highest BCUT2D eigenvalue weighted by atomic mass is 16.5. The van der Waals surface area contributed by atoms with E-state index < -0.39 is 0 Å². The average molecular weight is 233 g/mol. The number of benzene rings is 1. The fourth-order valence-corrected chi connectivity index (χ4v) is 2.47. The molecule has 0 spiro atoms. The maximum absolute atomic E-state index is 11.8. The minimum atomic E-state index is -0.109. The van der Waals surface area contributed by atoms with Gasteiger partial charge in [0.25, 0.3) is 0 Å². The van der Waals surface area contributed by atoms with E-state index in [1.54, 1.807) is 0 Å². The van der Waals surface area contributed by atoms with E-state index in [9.17, 15) is 4.79 Å². The number of hydrogen-bond acceptors (Lipinski definition) is 3. The number of ether oxygens (including phenoxy) is 1. The van der Waals surface area contributed by atoms with Gasteiger partial charge < -0.3 is 10.1 Å². The molecule has 3 nitrogen and oxygen atoms in total. The lowest BCUT2D eigenvalue weighted by atomic mass is 9.81. The summed E-state index contributed by atoms with van der Waals surface area (Å²) in [5, 5.41) is 3.26. The minimum absolute atomic E-state index is 0.0588. The Labute approximate surface area is 102 Å². The molecule has 0 amide bonds. The Morgan fingerprint density at radius 3 is 2.71 bits per heavy atom. The SMILES string of the molecule is COC(=O)[C@@H]1CNCC[C@@H]1c1ccc(C)cc1. The van der Waals surface area contributed by atoms with Crippen LogP contribution >= 0.6 is 0 Å².